The lowest BCUT2D eigenvalue weighted by molar-refractivity contribution is -0.137. The van der Waals surface area contributed by atoms with Gasteiger partial charge < -0.3 is 10.3 Å². The number of nitrogens with one attached hydrogen (secondary N) is 2. The lowest BCUT2D eigenvalue weighted by atomic mass is 9.93. The van der Waals surface area contributed by atoms with E-state index in [1.54, 1.807) is 0 Å². The second-order valence-electron chi connectivity index (χ2n) is 8.71. The first-order valence-corrected chi connectivity index (χ1v) is 11.0. The maximum Gasteiger partial charge on any atom is 0.416 e. The fourth-order valence-electron chi connectivity index (χ4n) is 4.34. The highest BCUT2D eigenvalue weighted by atomic mass is 19.4. The Morgan fingerprint density at radius 2 is 1.81 bits per heavy atom. The van der Waals surface area contributed by atoms with E-state index < -0.39 is 11.7 Å². The predicted molar refractivity (Wildman–Crippen MR) is 120 cm³/mol. The summed E-state index contributed by atoms with van der Waals surface area (Å²) in [6, 6.07) is 16.1. The molecule has 2 N–H and O–H groups in total. The van der Waals surface area contributed by atoms with Gasteiger partial charge in [-0.05, 0) is 37.0 Å². The minimum atomic E-state index is -4.33. The van der Waals surface area contributed by atoms with Gasteiger partial charge in [-0.3, -0.25) is 4.90 Å². The molecule has 32 heavy (non-hydrogen) atoms. The summed E-state index contributed by atoms with van der Waals surface area (Å²) in [7, 11) is 0. The van der Waals surface area contributed by atoms with Gasteiger partial charge in [0.15, 0.2) is 0 Å². The molecule has 2 atom stereocenters. The number of aryl methyl sites for hydroxylation is 1. The predicted octanol–water partition coefficient (Wildman–Crippen LogP) is 5.40. The number of rotatable bonds is 6. The molecule has 3 aromatic rings. The molecular weight excluding hydrogens is 413 g/mol. The van der Waals surface area contributed by atoms with Crippen LogP contribution in [0.5, 0.6) is 0 Å². The minimum Gasteiger partial charge on any atom is -0.342 e. The molecule has 0 aliphatic carbocycles. The number of alkyl halides is 3. The van der Waals surface area contributed by atoms with E-state index in [-0.39, 0.29) is 0 Å². The van der Waals surface area contributed by atoms with Crippen LogP contribution < -0.4 is 5.32 Å². The van der Waals surface area contributed by atoms with Crippen molar-refractivity contribution in [3.05, 3.63) is 77.1 Å². The normalized spacial score (nSPS) is 19.9. The Morgan fingerprint density at radius 1 is 1.09 bits per heavy atom. The number of halogens is 3. The number of piperidine rings is 1. The van der Waals surface area contributed by atoms with E-state index in [1.807, 2.05) is 13.0 Å². The summed E-state index contributed by atoms with van der Waals surface area (Å²) in [4.78, 5) is 10.3. The van der Waals surface area contributed by atoms with E-state index in [2.05, 4.69) is 46.4 Å². The van der Waals surface area contributed by atoms with Crippen molar-refractivity contribution in [3.8, 4) is 11.4 Å². The van der Waals surface area contributed by atoms with Crippen LogP contribution in [0.2, 0.25) is 0 Å². The first kappa shape index (κ1) is 22.6. The SMILES string of the molecule is Cc1[nH]c(-c2ccc(C(F)(F)F)cc2)nc1CN1CCC(NCc2ccccc2)C(C)C1. The van der Waals surface area contributed by atoms with Crippen LogP contribution in [0.4, 0.5) is 13.2 Å². The summed E-state index contributed by atoms with van der Waals surface area (Å²) in [5, 5.41) is 3.70. The highest BCUT2D eigenvalue weighted by Crippen LogP contribution is 2.31. The fraction of sp³-hybridized carbons (Fsp3) is 0.400. The van der Waals surface area contributed by atoms with E-state index in [1.165, 1.54) is 17.7 Å². The molecule has 1 fully saturated rings. The Bertz CT molecular complexity index is 1010. The number of likely N-dealkylation sites (tertiary alicyclic amines) is 1. The van der Waals surface area contributed by atoms with Gasteiger partial charge in [-0.15, -0.1) is 0 Å². The van der Waals surface area contributed by atoms with E-state index in [9.17, 15) is 13.2 Å². The first-order valence-electron chi connectivity index (χ1n) is 11.0. The second kappa shape index (κ2) is 9.46. The van der Waals surface area contributed by atoms with Crippen molar-refractivity contribution in [1.29, 1.82) is 0 Å². The molecular formula is C25H29F3N4. The zero-order valence-corrected chi connectivity index (χ0v) is 18.4. The van der Waals surface area contributed by atoms with Gasteiger partial charge in [0, 0.05) is 43.5 Å². The highest BCUT2D eigenvalue weighted by Gasteiger charge is 2.30. The maximum atomic E-state index is 12.8. The summed E-state index contributed by atoms with van der Waals surface area (Å²) in [6.07, 6.45) is -3.26. The number of H-pyrrole nitrogens is 1. The van der Waals surface area contributed by atoms with Crippen LogP contribution in [0.25, 0.3) is 11.4 Å². The molecule has 1 aromatic heterocycles. The number of hydrogen-bond donors (Lipinski definition) is 2. The van der Waals surface area contributed by atoms with Crippen molar-refractivity contribution in [2.45, 2.75) is 45.6 Å². The van der Waals surface area contributed by atoms with Gasteiger partial charge in [0.2, 0.25) is 0 Å². The monoisotopic (exact) mass is 442 g/mol. The minimum absolute atomic E-state index is 0.481. The van der Waals surface area contributed by atoms with Gasteiger partial charge in [-0.2, -0.15) is 13.2 Å². The summed E-state index contributed by atoms with van der Waals surface area (Å²) in [5.74, 6) is 1.12. The zero-order chi connectivity index (χ0) is 22.7. The van der Waals surface area contributed by atoms with Gasteiger partial charge in [0.25, 0.3) is 0 Å². The van der Waals surface area contributed by atoms with Crippen molar-refractivity contribution in [2.24, 2.45) is 5.92 Å². The molecule has 2 unspecified atom stereocenters. The standard InChI is InChI=1S/C25H29F3N4/c1-17-15-32(13-12-22(17)29-14-19-6-4-3-5-7-19)16-23-18(2)30-24(31-23)20-8-10-21(11-9-20)25(26,27)28/h3-11,17,22,29H,12-16H2,1-2H3,(H,30,31). The number of aromatic amines is 1. The Balaban J connectivity index is 1.34. The van der Waals surface area contributed by atoms with Crippen molar-refractivity contribution in [1.82, 2.24) is 20.2 Å². The smallest absolute Gasteiger partial charge is 0.342 e. The topological polar surface area (TPSA) is 44.0 Å². The lowest BCUT2D eigenvalue weighted by Crippen LogP contribution is -2.47. The fourth-order valence-corrected chi connectivity index (χ4v) is 4.34. The van der Waals surface area contributed by atoms with Crippen molar-refractivity contribution < 1.29 is 13.2 Å². The third-order valence-corrected chi connectivity index (χ3v) is 6.25. The molecule has 1 saturated heterocycles. The van der Waals surface area contributed by atoms with Gasteiger partial charge in [-0.1, -0.05) is 49.4 Å². The zero-order valence-electron chi connectivity index (χ0n) is 18.4. The molecule has 7 heteroatoms. The van der Waals surface area contributed by atoms with E-state index in [0.717, 1.165) is 56.1 Å². The lowest BCUT2D eigenvalue weighted by Gasteiger charge is -2.37. The van der Waals surface area contributed by atoms with Crippen LogP contribution in [0.1, 0.15) is 35.9 Å². The van der Waals surface area contributed by atoms with Crippen LogP contribution in [0, 0.1) is 12.8 Å². The average molecular weight is 443 g/mol. The van der Waals surface area contributed by atoms with Gasteiger partial charge in [-0.25, -0.2) is 4.98 Å². The van der Waals surface area contributed by atoms with Gasteiger partial charge in [0.05, 0.1) is 11.3 Å². The molecule has 0 radical (unpaired) electrons. The molecule has 1 aliphatic rings. The Labute approximate surface area is 186 Å². The highest BCUT2D eigenvalue weighted by molar-refractivity contribution is 5.56. The van der Waals surface area contributed by atoms with Gasteiger partial charge >= 0.3 is 6.18 Å². The number of imidazole rings is 1. The van der Waals surface area contributed by atoms with Crippen LogP contribution in [0.15, 0.2) is 54.6 Å². The Kier molecular flexibility index (Phi) is 6.67. The molecule has 0 spiro atoms. The van der Waals surface area contributed by atoms with Crippen LogP contribution in [-0.4, -0.2) is 34.0 Å². The summed E-state index contributed by atoms with van der Waals surface area (Å²) in [5.41, 5.74) is 3.21. The molecule has 4 nitrogen and oxygen atoms in total. The van der Waals surface area contributed by atoms with Crippen molar-refractivity contribution in [2.75, 3.05) is 13.1 Å². The Morgan fingerprint density at radius 3 is 2.47 bits per heavy atom. The third kappa shape index (κ3) is 5.40. The third-order valence-electron chi connectivity index (χ3n) is 6.25. The quantitative estimate of drug-likeness (QED) is 0.537. The molecule has 1 aliphatic heterocycles. The molecule has 0 saturated carbocycles. The summed E-state index contributed by atoms with van der Waals surface area (Å²) < 4.78 is 38.4. The largest absolute Gasteiger partial charge is 0.416 e. The van der Waals surface area contributed by atoms with Crippen LogP contribution in [0.3, 0.4) is 0 Å². The summed E-state index contributed by atoms with van der Waals surface area (Å²) in [6.45, 7) is 7.82. The van der Waals surface area contributed by atoms with Crippen LogP contribution in [-0.2, 0) is 19.3 Å². The number of aromatic nitrogens is 2. The first-order chi connectivity index (χ1) is 15.3. The molecule has 170 valence electrons. The maximum absolute atomic E-state index is 12.8. The molecule has 2 aromatic carbocycles. The average Bonchev–Trinajstić information content (AvgIpc) is 3.13. The second-order valence-corrected chi connectivity index (χ2v) is 8.71. The van der Waals surface area contributed by atoms with Crippen molar-refractivity contribution >= 4 is 0 Å². The van der Waals surface area contributed by atoms with Gasteiger partial charge in [0.1, 0.15) is 5.82 Å². The Hall–Kier alpha value is -2.64. The van der Waals surface area contributed by atoms with Crippen LogP contribution >= 0.6 is 0 Å². The number of benzene rings is 2. The van der Waals surface area contributed by atoms with E-state index in [4.69, 9.17) is 4.98 Å². The summed E-state index contributed by atoms with van der Waals surface area (Å²) >= 11 is 0. The van der Waals surface area contributed by atoms with E-state index in [0.29, 0.717) is 23.3 Å². The number of nitrogens with zero attached hydrogens (tertiary/aromatic N) is 2. The van der Waals surface area contributed by atoms with E-state index >= 15 is 0 Å². The molecule has 0 amide bonds. The molecule has 4 rings (SSSR count). The number of hydrogen-bond acceptors (Lipinski definition) is 3. The molecule has 0 bridgehead atoms. The molecule has 2 heterocycles. The van der Waals surface area contributed by atoms with Crippen molar-refractivity contribution in [3.63, 3.8) is 0 Å².